The summed E-state index contributed by atoms with van der Waals surface area (Å²) in [6.07, 6.45) is 0.669. The average Bonchev–Trinajstić information content (AvgIpc) is 2.74. The van der Waals surface area contributed by atoms with Crippen molar-refractivity contribution >= 4 is 17.3 Å². The van der Waals surface area contributed by atoms with Crippen molar-refractivity contribution in [2.45, 2.75) is 19.4 Å². The minimum Gasteiger partial charge on any atom is -0.360 e. The molecule has 0 saturated carbocycles. The third-order valence-electron chi connectivity index (χ3n) is 5.46. The molecule has 7 nitrogen and oxygen atoms in total. The maximum atomic E-state index is 12.9. The molecule has 0 radical (unpaired) electrons. The summed E-state index contributed by atoms with van der Waals surface area (Å²) in [7, 11) is 0. The minimum absolute atomic E-state index is 0.0193. The summed E-state index contributed by atoms with van der Waals surface area (Å²) in [4.78, 5) is 26.3. The predicted octanol–water partition coefficient (Wildman–Crippen LogP) is 1.19. The van der Waals surface area contributed by atoms with Gasteiger partial charge in [-0.1, -0.05) is 12.1 Å². The summed E-state index contributed by atoms with van der Waals surface area (Å²) in [5.74, 6) is -0.242. The molecule has 1 aliphatic heterocycles. The second kappa shape index (κ2) is 9.47. The van der Waals surface area contributed by atoms with Gasteiger partial charge in [0, 0.05) is 24.4 Å². The molecule has 0 spiro atoms. The highest BCUT2D eigenvalue weighted by molar-refractivity contribution is 5.79. The number of rotatable bonds is 7. The largest absolute Gasteiger partial charge is 0.360 e. The van der Waals surface area contributed by atoms with Gasteiger partial charge in [-0.25, -0.2) is 4.39 Å². The van der Waals surface area contributed by atoms with Crippen LogP contribution in [0.5, 0.6) is 0 Å². The summed E-state index contributed by atoms with van der Waals surface area (Å²) in [5.41, 5.74) is 2.04. The Morgan fingerprint density at radius 1 is 1.17 bits per heavy atom. The van der Waals surface area contributed by atoms with Crippen molar-refractivity contribution in [1.29, 1.82) is 0 Å². The Balaban J connectivity index is 1.43. The number of hydrogen-bond donors (Lipinski definition) is 2. The van der Waals surface area contributed by atoms with Gasteiger partial charge in [0.05, 0.1) is 31.1 Å². The molecule has 0 bridgehead atoms. The lowest BCUT2D eigenvalue weighted by Gasteiger charge is -2.36. The zero-order valence-corrected chi connectivity index (χ0v) is 16.4. The zero-order chi connectivity index (χ0) is 20.8. The Morgan fingerprint density at radius 2 is 1.79 bits per heavy atom. The first-order valence-corrected chi connectivity index (χ1v) is 9.80. The third-order valence-corrected chi connectivity index (χ3v) is 5.46. The normalized spacial score (nSPS) is 15.7. The summed E-state index contributed by atoms with van der Waals surface area (Å²) in [5, 5.41) is 13.7. The van der Waals surface area contributed by atoms with E-state index in [0.29, 0.717) is 13.0 Å². The highest BCUT2D eigenvalue weighted by Gasteiger charge is 2.29. The molecule has 154 valence electrons. The van der Waals surface area contributed by atoms with E-state index in [-0.39, 0.29) is 23.5 Å². The van der Waals surface area contributed by atoms with Crippen LogP contribution in [-0.2, 0) is 11.2 Å². The molecular weight excluding hydrogens is 375 g/mol. The number of amides is 1. The molecule has 3 rings (SSSR count). The zero-order valence-electron chi connectivity index (χ0n) is 16.4. The Kier molecular flexibility index (Phi) is 6.77. The first-order valence-electron chi connectivity index (χ1n) is 9.80. The summed E-state index contributed by atoms with van der Waals surface area (Å²) in [6.45, 7) is 5.69. The molecule has 0 unspecified atom stereocenters. The van der Waals surface area contributed by atoms with Crippen LogP contribution in [0, 0.1) is 15.9 Å². The van der Waals surface area contributed by atoms with E-state index in [1.165, 1.54) is 29.2 Å². The Hall–Kier alpha value is -3.00. The van der Waals surface area contributed by atoms with Crippen molar-refractivity contribution < 1.29 is 19.0 Å². The molecule has 1 aliphatic rings. The summed E-state index contributed by atoms with van der Waals surface area (Å²) >= 11 is 0. The van der Waals surface area contributed by atoms with Crippen LogP contribution in [0.1, 0.15) is 12.5 Å². The number of carbonyl (C=O) groups excluding carboxylic acids is 1. The molecule has 2 aromatic rings. The fourth-order valence-corrected chi connectivity index (χ4v) is 3.59. The fraction of sp³-hybridized carbons (Fsp3) is 0.381. The highest BCUT2D eigenvalue weighted by Crippen LogP contribution is 2.19. The molecular formula is C21H26FN4O3+. The van der Waals surface area contributed by atoms with Crippen molar-refractivity contribution in [3.05, 3.63) is 70.0 Å². The van der Waals surface area contributed by atoms with E-state index in [1.54, 1.807) is 24.3 Å². The minimum atomic E-state index is -0.401. The van der Waals surface area contributed by atoms with E-state index in [1.807, 2.05) is 6.92 Å². The maximum absolute atomic E-state index is 12.9. The van der Waals surface area contributed by atoms with E-state index in [9.17, 15) is 19.3 Å². The van der Waals surface area contributed by atoms with E-state index >= 15 is 0 Å². The number of piperazine rings is 1. The van der Waals surface area contributed by atoms with Crippen molar-refractivity contribution in [2.75, 3.05) is 37.6 Å². The molecule has 0 aromatic heterocycles. The van der Waals surface area contributed by atoms with Crippen molar-refractivity contribution in [2.24, 2.45) is 0 Å². The average molecular weight is 401 g/mol. The fourth-order valence-electron chi connectivity index (χ4n) is 3.59. The van der Waals surface area contributed by atoms with E-state index in [4.69, 9.17) is 0 Å². The van der Waals surface area contributed by atoms with Crippen LogP contribution in [0.15, 0.2) is 48.5 Å². The van der Waals surface area contributed by atoms with Gasteiger partial charge in [-0.05, 0) is 43.2 Å². The Morgan fingerprint density at radius 3 is 2.38 bits per heavy atom. The molecule has 1 heterocycles. The monoisotopic (exact) mass is 401 g/mol. The molecule has 1 atom stereocenters. The molecule has 0 aliphatic carbocycles. The first kappa shape index (κ1) is 20.7. The van der Waals surface area contributed by atoms with Crippen LogP contribution in [0.4, 0.5) is 15.8 Å². The number of nitro groups is 1. The summed E-state index contributed by atoms with van der Waals surface area (Å²) < 4.78 is 12.9. The van der Waals surface area contributed by atoms with E-state index in [2.05, 4.69) is 10.2 Å². The lowest BCUT2D eigenvalue weighted by molar-refractivity contribution is -0.914. The standard InChI is InChI=1S/C21H25FN4O3/c1-16(21(27)23-11-10-17-2-4-18(22)5-3-17)24-12-14-25(15-13-24)19-6-8-20(9-7-19)26(28)29/h2-9,16H,10-15H2,1H3,(H,23,27)/p+1/t16-/m0/s1. The van der Waals surface area contributed by atoms with Crippen LogP contribution >= 0.6 is 0 Å². The molecule has 1 fully saturated rings. The van der Waals surface area contributed by atoms with Crippen LogP contribution in [-0.4, -0.2) is 49.6 Å². The maximum Gasteiger partial charge on any atom is 0.278 e. The topological polar surface area (TPSA) is 79.9 Å². The number of anilines is 1. The van der Waals surface area contributed by atoms with Crippen LogP contribution in [0.3, 0.4) is 0 Å². The van der Waals surface area contributed by atoms with Gasteiger partial charge in [-0.2, -0.15) is 0 Å². The van der Waals surface area contributed by atoms with Crippen LogP contribution in [0.2, 0.25) is 0 Å². The number of quaternary nitrogens is 1. The number of benzene rings is 2. The highest BCUT2D eigenvalue weighted by atomic mass is 19.1. The molecule has 2 N–H and O–H groups in total. The van der Waals surface area contributed by atoms with Crippen LogP contribution in [0.25, 0.3) is 0 Å². The number of nitrogens with one attached hydrogen (secondary N) is 2. The number of halogens is 1. The molecule has 8 heteroatoms. The van der Waals surface area contributed by atoms with Gasteiger partial charge >= 0.3 is 0 Å². The predicted molar refractivity (Wildman–Crippen MR) is 109 cm³/mol. The van der Waals surface area contributed by atoms with E-state index in [0.717, 1.165) is 37.4 Å². The number of non-ortho nitro benzene ring substituents is 1. The first-order chi connectivity index (χ1) is 13.9. The smallest absolute Gasteiger partial charge is 0.278 e. The van der Waals surface area contributed by atoms with Crippen molar-refractivity contribution in [3.63, 3.8) is 0 Å². The number of nitrogens with zero attached hydrogens (tertiary/aromatic N) is 2. The lowest BCUT2D eigenvalue weighted by Crippen LogP contribution is -3.19. The third kappa shape index (κ3) is 5.51. The SMILES string of the molecule is C[C@@H](C(=O)NCCc1ccc(F)cc1)[NH+]1CCN(c2ccc([N+](=O)[O-])cc2)CC1. The van der Waals surface area contributed by atoms with Crippen molar-refractivity contribution in [3.8, 4) is 0 Å². The number of nitro benzene ring substituents is 1. The second-order valence-electron chi connectivity index (χ2n) is 7.31. The Labute approximate surface area is 169 Å². The summed E-state index contributed by atoms with van der Waals surface area (Å²) in [6, 6.07) is 12.7. The van der Waals surface area contributed by atoms with E-state index < -0.39 is 4.92 Å². The van der Waals surface area contributed by atoms with Gasteiger partial charge in [0.2, 0.25) is 0 Å². The lowest BCUT2D eigenvalue weighted by atomic mass is 10.1. The van der Waals surface area contributed by atoms with Gasteiger partial charge < -0.3 is 15.1 Å². The molecule has 1 saturated heterocycles. The van der Waals surface area contributed by atoms with Gasteiger partial charge in [-0.3, -0.25) is 14.9 Å². The Bertz CT molecular complexity index is 834. The van der Waals surface area contributed by atoms with Gasteiger partial charge in [-0.15, -0.1) is 0 Å². The second-order valence-corrected chi connectivity index (χ2v) is 7.31. The number of hydrogen-bond acceptors (Lipinski definition) is 4. The molecule has 2 aromatic carbocycles. The van der Waals surface area contributed by atoms with Gasteiger partial charge in [0.25, 0.3) is 11.6 Å². The quantitative estimate of drug-likeness (QED) is 0.540. The number of carbonyl (C=O) groups is 1. The van der Waals surface area contributed by atoms with Crippen molar-refractivity contribution in [1.82, 2.24) is 5.32 Å². The molecule has 29 heavy (non-hydrogen) atoms. The van der Waals surface area contributed by atoms with Crippen LogP contribution < -0.4 is 15.1 Å². The van der Waals surface area contributed by atoms with Gasteiger partial charge in [0.15, 0.2) is 6.04 Å². The molecule has 1 amide bonds. The van der Waals surface area contributed by atoms with Gasteiger partial charge in [0.1, 0.15) is 5.82 Å².